The van der Waals surface area contributed by atoms with Gasteiger partial charge in [0.05, 0.1) is 16.8 Å². The van der Waals surface area contributed by atoms with Gasteiger partial charge in [-0.05, 0) is 18.2 Å². The number of carboxylic acids is 2. The van der Waals surface area contributed by atoms with E-state index in [9.17, 15) is 14.4 Å². The number of rotatable bonds is 6. The largest absolute Gasteiger partial charge is 0.478 e. The molecule has 2 rings (SSSR count). The first-order valence-electron chi connectivity index (χ1n) is 6.85. The lowest BCUT2D eigenvalue weighted by atomic mass is 10.1. The van der Waals surface area contributed by atoms with Crippen molar-refractivity contribution in [2.75, 3.05) is 0 Å². The number of nitrogens with one attached hydrogen (secondary N) is 1. The summed E-state index contributed by atoms with van der Waals surface area (Å²) in [6.07, 6.45) is 0. The first-order chi connectivity index (χ1) is 11.9. The van der Waals surface area contributed by atoms with Gasteiger partial charge in [-0.25, -0.2) is 9.59 Å². The highest BCUT2D eigenvalue weighted by molar-refractivity contribution is 6.13. The number of Topliss-reactive ketones (excluding diaryl/α,β-unsaturated/α-hetero) is 1. The fourth-order valence-corrected chi connectivity index (χ4v) is 1.88. The number of azo groups is 1. The van der Waals surface area contributed by atoms with E-state index >= 15 is 0 Å². The lowest BCUT2D eigenvalue weighted by Crippen LogP contribution is -2.02. The molecule has 0 bridgehead atoms. The van der Waals surface area contributed by atoms with Crippen LogP contribution in [0.3, 0.4) is 0 Å². The Labute approximate surface area is 141 Å². The van der Waals surface area contributed by atoms with Crippen molar-refractivity contribution in [3.05, 3.63) is 70.9 Å². The van der Waals surface area contributed by atoms with Crippen molar-refractivity contribution in [1.82, 2.24) is 0 Å². The smallest absolute Gasteiger partial charge is 0.335 e. The number of carbonyl (C=O) groups is 3. The lowest BCUT2D eigenvalue weighted by molar-refractivity contribution is 0.0696. The van der Waals surface area contributed by atoms with Gasteiger partial charge in [0.25, 0.3) is 0 Å². The second-order valence-electron chi connectivity index (χ2n) is 4.75. The average molecular weight is 337 g/mol. The normalized spacial score (nSPS) is 10.2. The van der Waals surface area contributed by atoms with E-state index in [4.69, 9.17) is 15.6 Å². The SMILES string of the molecule is N=C=C(N=Nc1cc(C(=O)O)cc(C(=O)O)c1)C(=O)c1ccccc1. The van der Waals surface area contributed by atoms with Gasteiger partial charge in [0.15, 0.2) is 5.70 Å². The molecule has 0 radical (unpaired) electrons. The van der Waals surface area contributed by atoms with E-state index in [0.29, 0.717) is 0 Å². The molecule has 0 aliphatic rings. The van der Waals surface area contributed by atoms with Crippen molar-refractivity contribution in [2.45, 2.75) is 0 Å². The lowest BCUT2D eigenvalue weighted by Gasteiger charge is -2.01. The van der Waals surface area contributed by atoms with E-state index < -0.39 is 23.4 Å². The van der Waals surface area contributed by atoms with Crippen molar-refractivity contribution in [1.29, 1.82) is 5.41 Å². The molecule has 2 aromatic carbocycles. The molecule has 124 valence electrons. The Morgan fingerprint density at radius 2 is 1.44 bits per heavy atom. The zero-order valence-electron chi connectivity index (χ0n) is 12.6. The van der Waals surface area contributed by atoms with Gasteiger partial charge in [0.1, 0.15) is 0 Å². The Morgan fingerprint density at radius 1 is 0.880 bits per heavy atom. The number of aromatic carboxylic acids is 2. The third-order valence-corrected chi connectivity index (χ3v) is 3.05. The van der Waals surface area contributed by atoms with E-state index in [2.05, 4.69) is 10.2 Å². The monoisotopic (exact) mass is 337 g/mol. The van der Waals surface area contributed by atoms with Crippen LogP contribution in [0.15, 0.2) is 64.5 Å². The summed E-state index contributed by atoms with van der Waals surface area (Å²) in [5.74, 6) is -1.38. The Kier molecular flexibility index (Phi) is 5.29. The molecule has 25 heavy (non-hydrogen) atoms. The predicted molar refractivity (Wildman–Crippen MR) is 86.9 cm³/mol. The van der Waals surface area contributed by atoms with Crippen LogP contribution < -0.4 is 0 Å². The first kappa shape index (κ1) is 17.5. The molecule has 8 heteroatoms. The van der Waals surface area contributed by atoms with Gasteiger partial charge >= 0.3 is 11.9 Å². The zero-order valence-corrected chi connectivity index (χ0v) is 12.6. The van der Waals surface area contributed by atoms with Crippen LogP contribution in [-0.2, 0) is 0 Å². The fraction of sp³-hybridized carbons (Fsp3) is 0. The van der Waals surface area contributed by atoms with Crippen molar-refractivity contribution in [2.24, 2.45) is 10.2 Å². The van der Waals surface area contributed by atoms with Crippen LogP contribution in [0.1, 0.15) is 31.1 Å². The third-order valence-electron chi connectivity index (χ3n) is 3.05. The predicted octanol–water partition coefficient (Wildman–Crippen LogP) is 3.18. The summed E-state index contributed by atoms with van der Waals surface area (Å²) >= 11 is 0. The number of hydrogen-bond acceptors (Lipinski definition) is 6. The molecule has 2 aromatic rings. The molecule has 8 nitrogen and oxygen atoms in total. The summed E-state index contributed by atoms with van der Waals surface area (Å²) in [5, 5.41) is 32.5. The minimum atomic E-state index is -1.33. The second kappa shape index (κ2) is 7.58. The summed E-state index contributed by atoms with van der Waals surface area (Å²) in [6, 6.07) is 11.2. The number of ketones is 1. The van der Waals surface area contributed by atoms with Gasteiger partial charge in [0, 0.05) is 11.4 Å². The van der Waals surface area contributed by atoms with Crippen molar-refractivity contribution in [3.63, 3.8) is 0 Å². The Bertz CT molecular complexity index is 896. The molecule has 3 N–H and O–H groups in total. The maximum Gasteiger partial charge on any atom is 0.335 e. The highest BCUT2D eigenvalue weighted by atomic mass is 16.4. The standard InChI is InChI=1S/C17H11N3O5/c18-9-14(15(21)10-4-2-1-3-5-10)20-19-13-7-11(16(22)23)6-12(8-13)17(24)25/h1-8,18H,(H,22,23)(H,24,25). The van der Waals surface area contributed by atoms with Crippen molar-refractivity contribution in [3.8, 4) is 0 Å². The quantitative estimate of drug-likeness (QED) is 0.321. The molecule has 0 unspecified atom stereocenters. The van der Waals surface area contributed by atoms with E-state index in [0.717, 1.165) is 18.2 Å². The third kappa shape index (κ3) is 4.31. The highest BCUT2D eigenvalue weighted by Crippen LogP contribution is 2.20. The summed E-state index contributed by atoms with van der Waals surface area (Å²) in [5.41, 5.74) is -0.774. The fourth-order valence-electron chi connectivity index (χ4n) is 1.88. The molecule has 0 saturated carbocycles. The number of hydrogen-bond donors (Lipinski definition) is 3. The van der Waals surface area contributed by atoms with E-state index in [1.54, 1.807) is 18.2 Å². The molecular formula is C17H11N3O5. The van der Waals surface area contributed by atoms with Crippen LogP contribution >= 0.6 is 0 Å². The van der Waals surface area contributed by atoms with Gasteiger partial charge in [-0.15, -0.1) is 10.2 Å². The molecule has 0 aliphatic carbocycles. The molecule has 0 spiro atoms. The molecular weight excluding hydrogens is 326 g/mol. The minimum Gasteiger partial charge on any atom is -0.478 e. The molecule has 0 atom stereocenters. The van der Waals surface area contributed by atoms with Crippen molar-refractivity contribution >= 4 is 29.3 Å². The topological polar surface area (TPSA) is 140 Å². The van der Waals surface area contributed by atoms with Crippen LogP contribution in [0, 0.1) is 5.41 Å². The first-order valence-corrected chi connectivity index (χ1v) is 6.85. The van der Waals surface area contributed by atoms with Gasteiger partial charge in [-0.1, -0.05) is 30.3 Å². The van der Waals surface area contributed by atoms with Crippen LogP contribution in [0.2, 0.25) is 0 Å². The number of nitrogens with zero attached hydrogens (tertiary/aromatic N) is 2. The Hall–Kier alpha value is -3.90. The Balaban J connectivity index is 2.37. The summed E-state index contributed by atoms with van der Waals surface area (Å²) in [6.45, 7) is 0. The number of allylic oxidation sites excluding steroid dienone is 1. The van der Waals surface area contributed by atoms with Gasteiger partial charge in [-0.3, -0.25) is 10.2 Å². The summed E-state index contributed by atoms with van der Waals surface area (Å²) < 4.78 is 0. The highest BCUT2D eigenvalue weighted by Gasteiger charge is 2.13. The molecule has 0 fully saturated rings. The summed E-state index contributed by atoms with van der Waals surface area (Å²) in [7, 11) is 0. The van der Waals surface area contributed by atoms with E-state index in [-0.39, 0.29) is 22.4 Å². The molecule has 0 aliphatic heterocycles. The van der Waals surface area contributed by atoms with Crippen LogP contribution in [0.25, 0.3) is 0 Å². The zero-order chi connectivity index (χ0) is 18.4. The molecule has 0 saturated heterocycles. The molecule has 0 amide bonds. The second-order valence-corrected chi connectivity index (χ2v) is 4.75. The Morgan fingerprint density at radius 3 is 1.92 bits per heavy atom. The van der Waals surface area contributed by atoms with Crippen molar-refractivity contribution < 1.29 is 24.6 Å². The number of benzene rings is 2. The van der Waals surface area contributed by atoms with E-state index in [1.807, 2.05) is 5.87 Å². The summed E-state index contributed by atoms with van der Waals surface area (Å²) in [4.78, 5) is 34.3. The van der Waals surface area contributed by atoms with Crippen LogP contribution in [-0.4, -0.2) is 33.8 Å². The van der Waals surface area contributed by atoms with E-state index in [1.165, 1.54) is 12.1 Å². The molecule has 0 aromatic heterocycles. The van der Waals surface area contributed by atoms with Crippen LogP contribution in [0.5, 0.6) is 0 Å². The minimum absolute atomic E-state index is 0.0779. The number of carbonyl (C=O) groups excluding carboxylic acids is 1. The van der Waals surface area contributed by atoms with Gasteiger partial charge in [-0.2, -0.15) is 0 Å². The average Bonchev–Trinajstić information content (AvgIpc) is 2.62. The van der Waals surface area contributed by atoms with Gasteiger partial charge in [0.2, 0.25) is 5.78 Å². The maximum absolute atomic E-state index is 12.2. The maximum atomic E-state index is 12.2. The number of carboxylic acid groups (broad SMARTS) is 2. The van der Waals surface area contributed by atoms with Gasteiger partial charge < -0.3 is 10.2 Å². The molecule has 0 heterocycles. The van der Waals surface area contributed by atoms with Crippen LogP contribution in [0.4, 0.5) is 5.69 Å².